The van der Waals surface area contributed by atoms with Crippen molar-refractivity contribution < 1.29 is 14.4 Å². The van der Waals surface area contributed by atoms with Gasteiger partial charge in [-0.25, -0.2) is 4.79 Å². The third-order valence-electron chi connectivity index (χ3n) is 4.83. The van der Waals surface area contributed by atoms with Gasteiger partial charge in [0.1, 0.15) is 13.1 Å². The molecule has 3 rings (SSSR count). The summed E-state index contributed by atoms with van der Waals surface area (Å²) in [7, 11) is 1.57. The van der Waals surface area contributed by atoms with Crippen LogP contribution in [0, 0.1) is 0 Å². The second kappa shape index (κ2) is 6.86. The van der Waals surface area contributed by atoms with Gasteiger partial charge in [-0.2, -0.15) is 0 Å². The number of nitrogens with zero attached hydrogens (tertiary/aromatic N) is 3. The minimum atomic E-state index is -0.393. The third kappa shape index (κ3) is 3.83. The fraction of sp³-hybridized carbons (Fsp3) is 0.526. The Bertz CT molecular complexity index is 680. The molecule has 1 aliphatic heterocycles. The summed E-state index contributed by atoms with van der Waals surface area (Å²) in [6, 6.07) is 8.13. The predicted octanol–water partition coefficient (Wildman–Crippen LogP) is 2.20. The zero-order valence-corrected chi connectivity index (χ0v) is 15.1. The summed E-state index contributed by atoms with van der Waals surface area (Å²) in [6.07, 6.45) is 1.97. The Kier molecular flexibility index (Phi) is 4.79. The molecule has 0 bridgehead atoms. The van der Waals surface area contributed by atoms with E-state index in [-0.39, 0.29) is 30.9 Å². The van der Waals surface area contributed by atoms with E-state index in [0.29, 0.717) is 12.5 Å². The molecule has 1 saturated carbocycles. The Morgan fingerprint density at radius 3 is 2.32 bits per heavy atom. The van der Waals surface area contributed by atoms with Crippen LogP contribution in [-0.2, 0) is 16.1 Å². The highest BCUT2D eigenvalue weighted by molar-refractivity contribution is 6.04. The standard InChI is InChI=1S/C19H25N3O3/c1-13(2)15-6-4-14(5-7-15)10-21(16-8-9-16)18(24)12-22-17(23)11-20(3)19(22)25/h4-7,13,16H,8-12H2,1-3H3. The zero-order chi connectivity index (χ0) is 18.1. The average molecular weight is 343 g/mol. The minimum absolute atomic E-state index is 0.0478. The summed E-state index contributed by atoms with van der Waals surface area (Å²) in [6.45, 7) is 4.70. The second-order valence-electron chi connectivity index (χ2n) is 7.27. The van der Waals surface area contributed by atoms with Crippen LogP contribution in [0.4, 0.5) is 4.79 Å². The highest BCUT2D eigenvalue weighted by Gasteiger charge is 2.38. The third-order valence-corrected chi connectivity index (χ3v) is 4.83. The van der Waals surface area contributed by atoms with Crippen molar-refractivity contribution in [2.75, 3.05) is 20.1 Å². The first-order valence-electron chi connectivity index (χ1n) is 8.80. The van der Waals surface area contributed by atoms with Gasteiger partial charge in [-0.15, -0.1) is 0 Å². The molecule has 6 nitrogen and oxygen atoms in total. The van der Waals surface area contributed by atoms with Crippen LogP contribution >= 0.6 is 0 Å². The Morgan fingerprint density at radius 1 is 1.20 bits per heavy atom. The van der Waals surface area contributed by atoms with E-state index >= 15 is 0 Å². The molecule has 4 amide bonds. The maximum absolute atomic E-state index is 12.7. The molecule has 134 valence electrons. The Morgan fingerprint density at radius 2 is 1.84 bits per heavy atom. The van der Waals surface area contributed by atoms with Crippen LogP contribution in [0.5, 0.6) is 0 Å². The van der Waals surface area contributed by atoms with Crippen LogP contribution in [0.2, 0.25) is 0 Å². The smallest absolute Gasteiger partial charge is 0.327 e. The van der Waals surface area contributed by atoms with E-state index in [2.05, 4.69) is 38.1 Å². The number of hydrogen-bond acceptors (Lipinski definition) is 3. The number of amides is 4. The van der Waals surface area contributed by atoms with E-state index in [0.717, 1.165) is 23.3 Å². The van der Waals surface area contributed by atoms with Gasteiger partial charge in [-0.3, -0.25) is 14.5 Å². The maximum atomic E-state index is 12.7. The topological polar surface area (TPSA) is 60.9 Å². The van der Waals surface area contributed by atoms with E-state index in [4.69, 9.17) is 0 Å². The van der Waals surface area contributed by atoms with Gasteiger partial charge in [-0.1, -0.05) is 38.1 Å². The first-order chi connectivity index (χ1) is 11.9. The van der Waals surface area contributed by atoms with E-state index in [1.54, 1.807) is 7.05 Å². The van der Waals surface area contributed by atoms with Crippen molar-refractivity contribution in [3.8, 4) is 0 Å². The summed E-state index contributed by atoms with van der Waals surface area (Å²) < 4.78 is 0. The van der Waals surface area contributed by atoms with E-state index < -0.39 is 6.03 Å². The van der Waals surface area contributed by atoms with Gasteiger partial charge >= 0.3 is 6.03 Å². The number of imide groups is 1. The molecule has 2 fully saturated rings. The number of carbonyl (C=O) groups excluding carboxylic acids is 3. The van der Waals surface area contributed by atoms with Gasteiger partial charge in [0.15, 0.2) is 0 Å². The molecule has 6 heteroatoms. The SMILES string of the molecule is CC(C)c1ccc(CN(C(=O)CN2C(=O)CN(C)C2=O)C2CC2)cc1. The maximum Gasteiger partial charge on any atom is 0.327 e. The van der Waals surface area contributed by atoms with E-state index in [1.165, 1.54) is 10.5 Å². The first-order valence-corrected chi connectivity index (χ1v) is 8.80. The van der Waals surface area contributed by atoms with Crippen LogP contribution in [0.3, 0.4) is 0 Å². The average Bonchev–Trinajstić information content (AvgIpc) is 3.38. The minimum Gasteiger partial charge on any atom is -0.334 e. The molecule has 1 aromatic carbocycles. The molecule has 1 heterocycles. The van der Waals surface area contributed by atoms with E-state index in [9.17, 15) is 14.4 Å². The van der Waals surface area contributed by atoms with Crippen molar-refractivity contribution in [1.82, 2.24) is 14.7 Å². The van der Waals surface area contributed by atoms with Crippen molar-refractivity contribution in [2.45, 2.75) is 45.2 Å². The van der Waals surface area contributed by atoms with Crippen molar-refractivity contribution in [3.05, 3.63) is 35.4 Å². The fourth-order valence-corrected chi connectivity index (χ4v) is 3.06. The van der Waals surface area contributed by atoms with Gasteiger partial charge < -0.3 is 9.80 Å². The molecule has 1 saturated heterocycles. The fourth-order valence-electron chi connectivity index (χ4n) is 3.06. The zero-order valence-electron chi connectivity index (χ0n) is 15.1. The van der Waals surface area contributed by atoms with Crippen LogP contribution in [-0.4, -0.2) is 58.7 Å². The molecule has 2 aliphatic rings. The van der Waals surface area contributed by atoms with Gasteiger partial charge in [0.2, 0.25) is 5.91 Å². The molecule has 0 N–H and O–H groups in total. The summed E-state index contributed by atoms with van der Waals surface area (Å²) >= 11 is 0. The van der Waals surface area contributed by atoms with Crippen LogP contribution in [0.25, 0.3) is 0 Å². The normalized spacial score (nSPS) is 17.6. The summed E-state index contributed by atoms with van der Waals surface area (Å²) in [5.74, 6) is 0.00437. The highest BCUT2D eigenvalue weighted by atomic mass is 16.2. The van der Waals surface area contributed by atoms with Crippen molar-refractivity contribution in [1.29, 1.82) is 0 Å². The number of rotatable bonds is 6. The summed E-state index contributed by atoms with van der Waals surface area (Å²) in [5.41, 5.74) is 2.34. The van der Waals surface area contributed by atoms with Gasteiger partial charge in [-0.05, 0) is 29.9 Å². The van der Waals surface area contributed by atoms with Gasteiger partial charge in [0, 0.05) is 19.6 Å². The monoisotopic (exact) mass is 343 g/mol. The molecule has 0 unspecified atom stereocenters. The molecular formula is C19H25N3O3. The van der Waals surface area contributed by atoms with Crippen molar-refractivity contribution in [3.63, 3.8) is 0 Å². The Balaban J connectivity index is 1.67. The lowest BCUT2D eigenvalue weighted by atomic mass is 10.0. The Labute approximate surface area is 148 Å². The number of hydrogen-bond donors (Lipinski definition) is 0. The van der Waals surface area contributed by atoms with Gasteiger partial charge in [0.25, 0.3) is 5.91 Å². The number of carbonyl (C=O) groups is 3. The molecule has 0 spiro atoms. The molecule has 25 heavy (non-hydrogen) atoms. The lowest BCUT2D eigenvalue weighted by Gasteiger charge is -2.25. The summed E-state index contributed by atoms with van der Waals surface area (Å²) in [4.78, 5) is 40.8. The highest BCUT2D eigenvalue weighted by Crippen LogP contribution is 2.29. The largest absolute Gasteiger partial charge is 0.334 e. The van der Waals surface area contributed by atoms with E-state index in [1.807, 2.05) is 4.90 Å². The number of benzene rings is 1. The predicted molar refractivity (Wildman–Crippen MR) is 93.8 cm³/mol. The van der Waals surface area contributed by atoms with Crippen molar-refractivity contribution in [2.24, 2.45) is 0 Å². The van der Waals surface area contributed by atoms with Gasteiger partial charge in [0.05, 0.1) is 0 Å². The van der Waals surface area contributed by atoms with Crippen LogP contribution < -0.4 is 0 Å². The van der Waals surface area contributed by atoms with Crippen LogP contribution in [0.15, 0.2) is 24.3 Å². The molecule has 0 aromatic heterocycles. The van der Waals surface area contributed by atoms with Crippen LogP contribution in [0.1, 0.15) is 43.7 Å². The van der Waals surface area contributed by atoms with Crippen molar-refractivity contribution >= 4 is 17.8 Å². The lowest BCUT2D eigenvalue weighted by molar-refractivity contribution is -0.137. The second-order valence-corrected chi connectivity index (χ2v) is 7.27. The molecule has 1 aromatic rings. The quantitative estimate of drug-likeness (QED) is 0.744. The first kappa shape index (κ1) is 17.5. The molecule has 0 radical (unpaired) electrons. The Hall–Kier alpha value is -2.37. The molecule has 1 aliphatic carbocycles. The number of urea groups is 1. The lowest BCUT2D eigenvalue weighted by Crippen LogP contribution is -2.43. The molecular weight excluding hydrogens is 318 g/mol. The summed E-state index contributed by atoms with van der Waals surface area (Å²) in [5, 5.41) is 0. The number of likely N-dealkylation sites (N-methyl/N-ethyl adjacent to an activating group) is 1. The molecule has 0 atom stereocenters.